The summed E-state index contributed by atoms with van der Waals surface area (Å²) < 4.78 is 28.8. The molecule has 5 heterocycles. The van der Waals surface area contributed by atoms with Gasteiger partial charge in [-0.15, -0.1) is 0 Å². The lowest BCUT2D eigenvalue weighted by Crippen LogP contribution is -2.53. The van der Waals surface area contributed by atoms with Gasteiger partial charge in [-0.25, -0.2) is 28.7 Å². The topological polar surface area (TPSA) is 367 Å². The molecular weight excluding hydrogens is 1150 g/mol. The number of aryl methyl sites for hydroxylation is 1. The molecule has 0 fully saturated rings. The molecule has 0 saturated heterocycles. The first-order chi connectivity index (χ1) is 41.8. The molecule has 28 heteroatoms. The molecule has 0 bridgehead atoms. The summed E-state index contributed by atoms with van der Waals surface area (Å²) >= 11 is 0. The van der Waals surface area contributed by atoms with Crippen LogP contribution in [0.25, 0.3) is 22.3 Å². The molecule has 4 aromatic rings. The number of halogens is 1. The summed E-state index contributed by atoms with van der Waals surface area (Å²) in [5.41, 5.74) is 7.53. The molecule has 0 saturated carbocycles. The second-order valence-electron chi connectivity index (χ2n) is 22.5. The van der Waals surface area contributed by atoms with Crippen molar-refractivity contribution in [2.45, 2.75) is 187 Å². The molecule has 0 unspecified atom stereocenters. The number of hydrogen-bond donors (Lipinski definition) is 6. The van der Waals surface area contributed by atoms with Crippen molar-refractivity contribution in [3.8, 4) is 17.1 Å². The molecule has 3 aromatic heterocycles. The second kappa shape index (κ2) is 30.6. The summed E-state index contributed by atoms with van der Waals surface area (Å²) in [5.74, 6) is -6.61. The lowest BCUT2D eigenvalue weighted by Gasteiger charge is -2.37. The number of benzene rings is 1. The van der Waals surface area contributed by atoms with E-state index in [9.17, 15) is 57.5 Å². The Morgan fingerprint density at radius 1 is 0.739 bits per heavy atom. The minimum absolute atomic E-state index is 0.00796. The Hall–Kier alpha value is -8.98. The normalized spacial score (nSPS) is 15.3. The summed E-state index contributed by atoms with van der Waals surface area (Å²) in [4.78, 5) is 172. The molecule has 6 rings (SSSR count). The molecule has 0 aliphatic carbocycles. The summed E-state index contributed by atoms with van der Waals surface area (Å²) in [7, 11) is 2.62. The van der Waals surface area contributed by atoms with Crippen LogP contribution in [-0.4, -0.2) is 134 Å². The van der Waals surface area contributed by atoms with E-state index in [0.29, 0.717) is 57.8 Å². The number of esters is 1. The van der Waals surface area contributed by atoms with E-state index >= 15 is 4.39 Å². The fourth-order valence-corrected chi connectivity index (χ4v) is 10.9. The minimum Gasteiger partial charge on any atom is -0.457 e. The van der Waals surface area contributed by atoms with Crippen LogP contribution in [0.15, 0.2) is 44.8 Å². The number of ether oxygens (including phenoxy) is 2. The number of amides is 8. The number of pyridine rings is 2. The maximum Gasteiger partial charge on any atom is 0.411 e. The van der Waals surface area contributed by atoms with Crippen molar-refractivity contribution >= 4 is 64.4 Å². The van der Waals surface area contributed by atoms with Gasteiger partial charge < -0.3 is 61.4 Å². The molecule has 8 N–H and O–H groups in total. The zero-order valence-electron chi connectivity index (χ0n) is 51.2. The summed E-state index contributed by atoms with van der Waals surface area (Å²) in [6.45, 7) is 9.73. The van der Waals surface area contributed by atoms with Crippen LogP contribution in [0.5, 0.6) is 5.75 Å². The van der Waals surface area contributed by atoms with Gasteiger partial charge in [0.25, 0.3) is 5.56 Å². The third-order valence-electron chi connectivity index (χ3n) is 15.4. The third kappa shape index (κ3) is 16.3. The first-order valence-electron chi connectivity index (χ1n) is 29.9. The number of hydrogen-bond acceptors (Lipinski definition) is 16. The SMILES string of the molecule is CCCCCCCC(=O)N[C@H](CC(N)=O)C(=O)N[C@H](C)CN(C)C(=O)O[C@]1(CC)C(=O)OCc2c1cc1n(c2=O)Cc2c-1nc1ccc(On3c(=O)c(F)cn(C(=O)N(C)C[C@H](C)NC(=O)[C@@H](CC(N)=O)NC(=O)CCCCCCC)c3=O)cc1c2CC. The van der Waals surface area contributed by atoms with Gasteiger partial charge in [-0.2, -0.15) is 4.39 Å². The van der Waals surface area contributed by atoms with Crippen LogP contribution in [0.4, 0.5) is 14.0 Å². The largest absolute Gasteiger partial charge is 0.457 e. The zero-order chi connectivity index (χ0) is 64.7. The van der Waals surface area contributed by atoms with Gasteiger partial charge in [-0.1, -0.05) is 83.8 Å². The highest BCUT2D eigenvalue weighted by molar-refractivity contribution is 5.94. The molecule has 5 atom stereocenters. The number of cyclic esters (lactones) is 1. The van der Waals surface area contributed by atoms with E-state index in [-0.39, 0.29) is 66.2 Å². The molecule has 27 nitrogen and oxygen atoms in total. The molecule has 0 radical (unpaired) electrons. The number of nitrogens with one attached hydrogen (secondary N) is 4. The molecule has 2 aliphatic heterocycles. The van der Waals surface area contributed by atoms with E-state index < -0.39 is 125 Å². The van der Waals surface area contributed by atoms with E-state index in [1.54, 1.807) is 19.9 Å². The molecule has 2 aliphatic rings. The van der Waals surface area contributed by atoms with Gasteiger partial charge in [0.15, 0.2) is 5.75 Å². The van der Waals surface area contributed by atoms with Crippen molar-refractivity contribution in [1.82, 2.24) is 49.9 Å². The van der Waals surface area contributed by atoms with Crippen LogP contribution in [0.2, 0.25) is 0 Å². The molecular formula is C60H81FN12O15. The Labute approximate surface area is 507 Å². The minimum atomic E-state index is -2.12. The Balaban J connectivity index is 1.19. The smallest absolute Gasteiger partial charge is 0.411 e. The number of carbonyl (C=O) groups is 9. The number of aromatic nitrogens is 4. The van der Waals surface area contributed by atoms with Gasteiger partial charge in [0.1, 0.15) is 18.7 Å². The van der Waals surface area contributed by atoms with Gasteiger partial charge >= 0.3 is 29.3 Å². The second-order valence-corrected chi connectivity index (χ2v) is 22.5. The quantitative estimate of drug-likeness (QED) is 0.0274. The van der Waals surface area contributed by atoms with Crippen molar-refractivity contribution < 1.29 is 61.9 Å². The lowest BCUT2D eigenvalue weighted by molar-refractivity contribution is -0.173. The highest BCUT2D eigenvalue weighted by Crippen LogP contribution is 2.43. The summed E-state index contributed by atoms with van der Waals surface area (Å²) in [6, 6.07) is 0.511. The van der Waals surface area contributed by atoms with Gasteiger partial charge in [0.2, 0.25) is 46.9 Å². The van der Waals surface area contributed by atoms with E-state index in [1.807, 2.05) is 6.92 Å². The van der Waals surface area contributed by atoms with Gasteiger partial charge in [0, 0.05) is 68.6 Å². The average Bonchev–Trinajstić information content (AvgIpc) is 1.50. The molecule has 478 valence electrons. The van der Waals surface area contributed by atoms with Crippen molar-refractivity contribution in [2.75, 3.05) is 27.2 Å². The number of fused-ring (bicyclic) bond motifs is 5. The van der Waals surface area contributed by atoms with Crippen molar-refractivity contribution in [3.05, 3.63) is 89.7 Å². The molecule has 8 amide bonds. The molecule has 0 spiro atoms. The monoisotopic (exact) mass is 1230 g/mol. The van der Waals surface area contributed by atoms with Crippen LogP contribution in [0, 0.1) is 5.82 Å². The van der Waals surface area contributed by atoms with Gasteiger partial charge in [-0.3, -0.25) is 38.4 Å². The fourth-order valence-electron chi connectivity index (χ4n) is 10.9. The zero-order valence-corrected chi connectivity index (χ0v) is 51.2. The van der Waals surface area contributed by atoms with Gasteiger partial charge in [0.05, 0.1) is 48.1 Å². The number of carbonyl (C=O) groups excluding carboxylic acids is 9. The number of likely N-dealkylation sites (N-methyl/N-ethyl adjacent to an activating group) is 2. The first kappa shape index (κ1) is 68.1. The Bertz CT molecular complexity index is 3510. The van der Waals surface area contributed by atoms with Crippen molar-refractivity contribution in [1.29, 1.82) is 0 Å². The number of nitrogens with two attached hydrogens (primary N) is 2. The average molecular weight is 1230 g/mol. The van der Waals surface area contributed by atoms with E-state index in [2.05, 4.69) is 35.1 Å². The Morgan fingerprint density at radius 3 is 1.83 bits per heavy atom. The summed E-state index contributed by atoms with van der Waals surface area (Å²) in [5, 5.41) is 10.9. The van der Waals surface area contributed by atoms with Crippen molar-refractivity contribution in [2.24, 2.45) is 11.5 Å². The number of unbranched alkanes of at least 4 members (excludes halogenated alkanes) is 8. The van der Waals surface area contributed by atoms with Crippen LogP contribution in [0.3, 0.4) is 0 Å². The predicted octanol–water partition coefficient (Wildman–Crippen LogP) is 3.37. The standard InChI is InChI=1S/C60H81FN12O15/c1-9-13-15-17-19-21-49(76)66-44(27-47(62)74)52(78)64-34(5)29-69(7)57(83)72-32-42(61)55(81)73(58(72)84)88-36-23-24-43-38(25-36)37(11-3)39-31-71-46(51(39)68-43)26-41-40(54(71)80)33-86-56(82)60(41,12-4)87-59(85)70(8)30-35(6)65-53(79)45(28-48(63)75)67-50(77)22-20-18-16-14-10-2/h23-26,32,34-35,44-45H,9-22,27-31,33H2,1-8H3,(H2,62,74)(H2,63,75)(H,64,78)(H,65,79)(H,66,76)(H,67,77)/t34-,35+,44+,45+,60-/m0/s1. The highest BCUT2D eigenvalue weighted by atomic mass is 19.1. The Kier molecular flexibility index (Phi) is 23.7. The highest BCUT2D eigenvalue weighted by Gasteiger charge is 2.51. The maximum absolute atomic E-state index is 15.4. The van der Waals surface area contributed by atoms with Gasteiger partial charge in [-0.05, 0) is 69.4 Å². The predicted molar refractivity (Wildman–Crippen MR) is 319 cm³/mol. The van der Waals surface area contributed by atoms with Crippen LogP contribution in [-0.2, 0) is 68.2 Å². The molecule has 88 heavy (non-hydrogen) atoms. The summed E-state index contributed by atoms with van der Waals surface area (Å²) in [6.07, 6.45) is 7.74. The van der Waals surface area contributed by atoms with Crippen LogP contribution >= 0.6 is 0 Å². The lowest BCUT2D eigenvalue weighted by atomic mass is 9.85. The van der Waals surface area contributed by atoms with E-state index in [4.69, 9.17) is 30.8 Å². The molecule has 1 aromatic carbocycles. The van der Waals surface area contributed by atoms with E-state index in [1.165, 1.54) is 43.8 Å². The number of primary amides is 2. The van der Waals surface area contributed by atoms with Crippen LogP contribution in [0.1, 0.15) is 160 Å². The number of nitrogens with zero attached hydrogens (tertiary/aromatic N) is 6. The third-order valence-corrected chi connectivity index (χ3v) is 15.4. The van der Waals surface area contributed by atoms with Crippen LogP contribution < -0.4 is 54.4 Å². The fraction of sp³-hybridized carbons (Fsp3) is 0.550. The first-order valence-corrected chi connectivity index (χ1v) is 29.9. The Morgan fingerprint density at radius 2 is 1.30 bits per heavy atom. The van der Waals surface area contributed by atoms with E-state index in [0.717, 1.165) is 61.2 Å². The van der Waals surface area contributed by atoms with Crippen molar-refractivity contribution in [3.63, 3.8) is 0 Å². The maximum atomic E-state index is 15.4. The number of rotatable bonds is 31.